The van der Waals surface area contributed by atoms with E-state index in [2.05, 4.69) is 148 Å². The summed E-state index contributed by atoms with van der Waals surface area (Å²) >= 11 is 0. The maximum atomic E-state index is 5.44. The van der Waals surface area contributed by atoms with Crippen LogP contribution >= 0.6 is 0 Å². The fourth-order valence-corrected chi connectivity index (χ4v) is 7.21. The Balaban J connectivity index is 1.23. The van der Waals surface area contributed by atoms with Crippen LogP contribution in [0.4, 0.5) is 5.82 Å². The summed E-state index contributed by atoms with van der Waals surface area (Å²) in [5.41, 5.74) is 7.47. The van der Waals surface area contributed by atoms with E-state index in [1.807, 2.05) is 0 Å². The van der Waals surface area contributed by atoms with Gasteiger partial charge in [-0.15, -0.1) is 0 Å². The highest BCUT2D eigenvalue weighted by molar-refractivity contribution is 6.19. The molecule has 0 fully saturated rings. The first kappa shape index (κ1) is 25.1. The number of nitrogens with one attached hydrogen (secondary N) is 1. The van der Waals surface area contributed by atoms with E-state index in [1.165, 1.54) is 37.8 Å². The second-order valence-corrected chi connectivity index (χ2v) is 11.8. The molecule has 6 nitrogen and oxygen atoms in total. The Morgan fingerprint density at radius 1 is 0.500 bits per heavy atom. The summed E-state index contributed by atoms with van der Waals surface area (Å²) in [6.07, 6.45) is 3.49. The number of hydrogen-bond donors (Lipinski definition) is 1. The molecule has 10 rings (SSSR count). The molecule has 0 radical (unpaired) electrons. The Morgan fingerprint density at radius 2 is 1.13 bits per heavy atom. The van der Waals surface area contributed by atoms with E-state index in [0.29, 0.717) is 5.82 Å². The van der Waals surface area contributed by atoms with Crippen molar-refractivity contribution in [2.75, 3.05) is 5.32 Å². The minimum atomic E-state index is -0.358. The number of aromatic nitrogens is 4. The average molecular weight is 591 g/mol. The van der Waals surface area contributed by atoms with Crippen molar-refractivity contribution in [1.82, 2.24) is 19.1 Å². The topological polar surface area (TPSA) is 60.0 Å². The fourth-order valence-electron chi connectivity index (χ4n) is 7.21. The standard InChI is InChI=1S/C40H26N6/c1-2-12-28(13-3-1)45-33-16-8-6-14-29(33)31-19-18-27(24-35(31)45)37-38-39(42-21-20-41-38)44-40(43-37)46-34-17-9-7-15-30(34)32-22-25-10-4-5-11-26(25)23-36(32)46/h1-24,37H,(H,42,43,44). The monoisotopic (exact) mass is 590 g/mol. The molecule has 1 atom stereocenters. The van der Waals surface area contributed by atoms with Crippen molar-refractivity contribution in [2.45, 2.75) is 6.04 Å². The van der Waals surface area contributed by atoms with Crippen LogP contribution in [0.1, 0.15) is 17.3 Å². The smallest absolute Gasteiger partial charge is 0.210 e. The molecule has 0 bridgehead atoms. The Morgan fingerprint density at radius 3 is 1.96 bits per heavy atom. The molecule has 9 aromatic rings. The van der Waals surface area contributed by atoms with E-state index in [9.17, 15) is 0 Å². The Labute approximate surface area is 263 Å². The lowest BCUT2D eigenvalue weighted by Gasteiger charge is -2.25. The molecule has 0 saturated heterocycles. The van der Waals surface area contributed by atoms with Crippen LogP contribution in [-0.2, 0) is 0 Å². The summed E-state index contributed by atoms with van der Waals surface area (Å²) in [7, 11) is 0. The van der Waals surface area contributed by atoms with Gasteiger partial charge in [0.1, 0.15) is 11.7 Å². The Hall–Kier alpha value is -6.27. The number of rotatable bonds is 2. The van der Waals surface area contributed by atoms with Crippen molar-refractivity contribution in [3.05, 3.63) is 157 Å². The van der Waals surface area contributed by atoms with Gasteiger partial charge in [0.05, 0.1) is 22.1 Å². The number of aliphatic imine (C=N–C) groups is 1. The van der Waals surface area contributed by atoms with Gasteiger partial charge in [-0.3, -0.25) is 9.55 Å². The van der Waals surface area contributed by atoms with Gasteiger partial charge in [-0.05, 0) is 58.8 Å². The molecule has 4 heterocycles. The summed E-state index contributed by atoms with van der Waals surface area (Å²) in [5, 5.41) is 10.8. The van der Waals surface area contributed by atoms with Crippen molar-refractivity contribution in [1.29, 1.82) is 0 Å². The third kappa shape index (κ3) is 3.61. The SMILES string of the molecule is c1ccc(-n2c3ccccc3c3ccc(C4N=C(n5c6ccccc6c6cc7ccccc7cc65)Nc5nccnc54)cc32)cc1. The highest BCUT2D eigenvalue weighted by Crippen LogP contribution is 2.39. The zero-order chi connectivity index (χ0) is 30.2. The summed E-state index contributed by atoms with van der Waals surface area (Å²) in [6.45, 7) is 0. The lowest BCUT2D eigenvalue weighted by molar-refractivity contribution is 0.803. The molecule has 46 heavy (non-hydrogen) atoms. The summed E-state index contributed by atoms with van der Waals surface area (Å²) < 4.78 is 4.58. The molecular weight excluding hydrogens is 564 g/mol. The highest BCUT2D eigenvalue weighted by Gasteiger charge is 2.28. The minimum Gasteiger partial charge on any atom is -0.309 e. The maximum absolute atomic E-state index is 5.44. The van der Waals surface area contributed by atoms with Crippen LogP contribution in [0.2, 0.25) is 0 Å². The first-order valence-electron chi connectivity index (χ1n) is 15.5. The number of anilines is 1. The molecule has 1 N–H and O–H groups in total. The van der Waals surface area contributed by atoms with E-state index in [1.54, 1.807) is 12.4 Å². The molecule has 6 aromatic carbocycles. The van der Waals surface area contributed by atoms with Crippen LogP contribution in [0.25, 0.3) is 60.1 Å². The van der Waals surface area contributed by atoms with E-state index < -0.39 is 0 Å². The van der Waals surface area contributed by atoms with Gasteiger partial charge in [-0.2, -0.15) is 0 Å². The van der Waals surface area contributed by atoms with E-state index in [-0.39, 0.29) is 6.04 Å². The molecule has 216 valence electrons. The molecular formula is C40H26N6. The predicted molar refractivity (Wildman–Crippen MR) is 188 cm³/mol. The van der Waals surface area contributed by atoms with Crippen LogP contribution in [0.5, 0.6) is 0 Å². The van der Waals surface area contributed by atoms with Gasteiger partial charge < -0.3 is 9.88 Å². The maximum Gasteiger partial charge on any atom is 0.210 e. The molecule has 6 heteroatoms. The van der Waals surface area contributed by atoms with Crippen LogP contribution in [-0.4, -0.2) is 25.1 Å². The molecule has 3 aromatic heterocycles. The summed E-state index contributed by atoms with van der Waals surface area (Å²) in [4.78, 5) is 15.0. The number of benzene rings is 6. The second kappa shape index (κ2) is 9.61. The van der Waals surface area contributed by atoms with Gasteiger partial charge in [-0.25, -0.2) is 9.98 Å². The molecule has 0 aliphatic carbocycles. The molecule has 1 aliphatic rings. The Kier molecular flexibility index (Phi) is 5.25. The number of hydrogen-bond acceptors (Lipinski definition) is 4. The molecule has 0 amide bonds. The second-order valence-electron chi connectivity index (χ2n) is 11.8. The quantitative estimate of drug-likeness (QED) is 0.218. The Bertz CT molecular complexity index is 2680. The largest absolute Gasteiger partial charge is 0.309 e. The first-order valence-corrected chi connectivity index (χ1v) is 15.5. The lowest BCUT2D eigenvalue weighted by Crippen LogP contribution is -2.28. The molecule has 0 spiro atoms. The van der Waals surface area contributed by atoms with Gasteiger partial charge in [0.25, 0.3) is 0 Å². The van der Waals surface area contributed by atoms with Crippen LogP contribution < -0.4 is 5.32 Å². The number of nitrogens with zero attached hydrogens (tertiary/aromatic N) is 5. The van der Waals surface area contributed by atoms with Crippen LogP contribution in [0.3, 0.4) is 0 Å². The van der Waals surface area contributed by atoms with Gasteiger partial charge in [0, 0.05) is 39.6 Å². The van der Waals surface area contributed by atoms with E-state index >= 15 is 0 Å². The number of para-hydroxylation sites is 3. The first-order chi connectivity index (χ1) is 22.8. The van der Waals surface area contributed by atoms with Gasteiger partial charge >= 0.3 is 0 Å². The van der Waals surface area contributed by atoms with Gasteiger partial charge in [-0.1, -0.05) is 91.0 Å². The minimum absolute atomic E-state index is 0.358. The van der Waals surface area contributed by atoms with Crippen LogP contribution in [0.15, 0.2) is 151 Å². The third-order valence-corrected chi connectivity index (χ3v) is 9.25. The van der Waals surface area contributed by atoms with Crippen molar-refractivity contribution in [2.24, 2.45) is 4.99 Å². The molecule has 1 aliphatic heterocycles. The fraction of sp³-hybridized carbons (Fsp3) is 0.0250. The van der Waals surface area contributed by atoms with Gasteiger partial charge in [0.15, 0.2) is 5.82 Å². The zero-order valence-electron chi connectivity index (χ0n) is 24.7. The van der Waals surface area contributed by atoms with E-state index in [0.717, 1.165) is 39.5 Å². The normalized spacial score (nSPS) is 14.6. The molecule has 0 saturated carbocycles. The lowest BCUT2D eigenvalue weighted by atomic mass is 10.0. The average Bonchev–Trinajstić information content (AvgIpc) is 3.62. The predicted octanol–water partition coefficient (Wildman–Crippen LogP) is 9.25. The van der Waals surface area contributed by atoms with Crippen molar-refractivity contribution in [3.63, 3.8) is 0 Å². The van der Waals surface area contributed by atoms with Crippen molar-refractivity contribution in [3.8, 4) is 5.69 Å². The third-order valence-electron chi connectivity index (χ3n) is 9.25. The van der Waals surface area contributed by atoms with Crippen molar-refractivity contribution >= 4 is 66.2 Å². The highest BCUT2D eigenvalue weighted by atomic mass is 15.3. The summed E-state index contributed by atoms with van der Waals surface area (Å²) in [5.74, 6) is 1.44. The van der Waals surface area contributed by atoms with E-state index in [4.69, 9.17) is 15.0 Å². The number of fused-ring (bicyclic) bond motifs is 8. The van der Waals surface area contributed by atoms with Gasteiger partial charge in [0.2, 0.25) is 5.96 Å². The molecule has 1 unspecified atom stereocenters. The summed E-state index contributed by atoms with van der Waals surface area (Å²) in [6, 6.07) is 47.1. The van der Waals surface area contributed by atoms with Crippen LogP contribution in [0, 0.1) is 0 Å². The van der Waals surface area contributed by atoms with Crippen molar-refractivity contribution < 1.29 is 0 Å². The zero-order valence-corrected chi connectivity index (χ0v) is 24.7.